The zero-order valence-electron chi connectivity index (χ0n) is 12.0. The molecule has 2 heterocycles. The molecule has 1 amide bonds. The fourth-order valence-electron chi connectivity index (χ4n) is 2.81. The summed E-state index contributed by atoms with van der Waals surface area (Å²) in [6, 6.07) is 0. The van der Waals surface area contributed by atoms with Crippen molar-refractivity contribution in [2.24, 2.45) is 5.92 Å². The van der Waals surface area contributed by atoms with Crippen LogP contribution in [0.15, 0.2) is 0 Å². The van der Waals surface area contributed by atoms with Gasteiger partial charge in [-0.15, -0.1) is 0 Å². The van der Waals surface area contributed by atoms with E-state index in [9.17, 15) is 9.90 Å². The van der Waals surface area contributed by atoms with Crippen LogP contribution < -0.4 is 5.32 Å². The molecule has 2 N–H and O–H groups in total. The molecule has 0 aromatic heterocycles. The summed E-state index contributed by atoms with van der Waals surface area (Å²) in [7, 11) is 0. The standard InChI is InChI=1S/C14H27N3O2/c1-12(18)11-16-7-3-13(4-8-16)9-15-10-14(19)17-5-2-6-17/h12-13,15,18H,2-11H2,1H3/t12-/m1/s1. The van der Waals surface area contributed by atoms with Crippen molar-refractivity contribution in [1.29, 1.82) is 0 Å². The molecule has 0 spiro atoms. The van der Waals surface area contributed by atoms with E-state index in [4.69, 9.17) is 0 Å². The number of carbonyl (C=O) groups is 1. The number of hydrogen-bond donors (Lipinski definition) is 2. The molecule has 0 radical (unpaired) electrons. The van der Waals surface area contributed by atoms with Crippen LogP contribution in [0.2, 0.25) is 0 Å². The summed E-state index contributed by atoms with van der Waals surface area (Å²) in [4.78, 5) is 15.9. The zero-order chi connectivity index (χ0) is 13.7. The number of likely N-dealkylation sites (tertiary alicyclic amines) is 2. The lowest BCUT2D eigenvalue weighted by Gasteiger charge is -2.33. The first kappa shape index (κ1) is 14.8. The molecule has 0 bridgehead atoms. The average Bonchev–Trinajstić information content (AvgIpc) is 2.28. The summed E-state index contributed by atoms with van der Waals surface area (Å²) in [6.07, 6.45) is 3.26. The van der Waals surface area contributed by atoms with Crippen molar-refractivity contribution < 1.29 is 9.90 Å². The van der Waals surface area contributed by atoms with E-state index in [1.807, 2.05) is 11.8 Å². The number of rotatable bonds is 6. The van der Waals surface area contributed by atoms with Gasteiger partial charge in [-0.2, -0.15) is 0 Å². The smallest absolute Gasteiger partial charge is 0.236 e. The van der Waals surface area contributed by atoms with Crippen molar-refractivity contribution in [2.45, 2.75) is 32.3 Å². The molecule has 0 aromatic rings. The summed E-state index contributed by atoms with van der Waals surface area (Å²) in [5.41, 5.74) is 0. The second-order valence-electron chi connectivity index (χ2n) is 5.96. The third kappa shape index (κ3) is 4.75. The Morgan fingerprint density at radius 1 is 1.32 bits per heavy atom. The van der Waals surface area contributed by atoms with Gasteiger partial charge in [0.2, 0.25) is 5.91 Å². The second kappa shape index (κ2) is 7.22. The van der Waals surface area contributed by atoms with Crippen molar-refractivity contribution in [2.75, 3.05) is 45.8 Å². The van der Waals surface area contributed by atoms with Crippen LogP contribution in [-0.4, -0.2) is 72.7 Å². The molecule has 0 aliphatic carbocycles. The Morgan fingerprint density at radius 3 is 2.53 bits per heavy atom. The highest BCUT2D eigenvalue weighted by molar-refractivity contribution is 5.78. The van der Waals surface area contributed by atoms with Crippen LogP contribution in [-0.2, 0) is 4.79 Å². The predicted molar refractivity (Wildman–Crippen MR) is 74.9 cm³/mol. The maximum atomic E-state index is 11.7. The van der Waals surface area contributed by atoms with E-state index in [-0.39, 0.29) is 12.0 Å². The number of nitrogens with zero attached hydrogens (tertiary/aromatic N) is 2. The molecule has 2 aliphatic rings. The summed E-state index contributed by atoms with van der Waals surface area (Å²) in [5, 5.41) is 12.7. The number of β-amino-alcohol motifs (C(OH)–C–C–N with tert-alkyl or cyclic N) is 1. The maximum Gasteiger partial charge on any atom is 0.236 e. The molecule has 2 aliphatic heterocycles. The van der Waals surface area contributed by atoms with Gasteiger partial charge < -0.3 is 20.2 Å². The number of aliphatic hydroxyl groups is 1. The lowest BCUT2D eigenvalue weighted by atomic mass is 9.96. The number of carbonyl (C=O) groups excluding carboxylic acids is 1. The Kier molecular flexibility index (Phi) is 5.60. The zero-order valence-corrected chi connectivity index (χ0v) is 12.0. The minimum absolute atomic E-state index is 0.233. The highest BCUT2D eigenvalue weighted by Gasteiger charge is 2.22. The first-order valence-corrected chi connectivity index (χ1v) is 7.54. The Balaban J connectivity index is 1.54. The molecule has 19 heavy (non-hydrogen) atoms. The summed E-state index contributed by atoms with van der Waals surface area (Å²) in [6.45, 7) is 8.09. The number of hydrogen-bond acceptors (Lipinski definition) is 4. The second-order valence-corrected chi connectivity index (χ2v) is 5.96. The normalized spacial score (nSPS) is 23.2. The molecule has 2 fully saturated rings. The van der Waals surface area contributed by atoms with Gasteiger partial charge >= 0.3 is 0 Å². The van der Waals surface area contributed by atoms with E-state index in [2.05, 4.69) is 10.2 Å². The highest BCUT2D eigenvalue weighted by Crippen LogP contribution is 2.16. The molecule has 0 unspecified atom stereocenters. The molecule has 5 heteroatoms. The monoisotopic (exact) mass is 269 g/mol. The number of piperidine rings is 1. The van der Waals surface area contributed by atoms with Crippen LogP contribution in [0.3, 0.4) is 0 Å². The largest absolute Gasteiger partial charge is 0.392 e. The first-order chi connectivity index (χ1) is 9.15. The van der Waals surface area contributed by atoms with Gasteiger partial charge in [-0.05, 0) is 51.7 Å². The van der Waals surface area contributed by atoms with E-state index < -0.39 is 0 Å². The van der Waals surface area contributed by atoms with Crippen molar-refractivity contribution in [3.63, 3.8) is 0 Å². The average molecular weight is 269 g/mol. The first-order valence-electron chi connectivity index (χ1n) is 7.54. The minimum Gasteiger partial charge on any atom is -0.392 e. The van der Waals surface area contributed by atoms with E-state index in [1.54, 1.807) is 0 Å². The summed E-state index contributed by atoms with van der Waals surface area (Å²) < 4.78 is 0. The van der Waals surface area contributed by atoms with Crippen LogP contribution in [0.5, 0.6) is 0 Å². The SMILES string of the molecule is C[C@@H](O)CN1CCC(CNCC(=O)N2CCC2)CC1. The number of amides is 1. The Labute approximate surface area is 115 Å². The lowest BCUT2D eigenvalue weighted by Crippen LogP contribution is -2.47. The van der Waals surface area contributed by atoms with E-state index >= 15 is 0 Å². The molecule has 110 valence electrons. The van der Waals surface area contributed by atoms with Crippen molar-refractivity contribution in [3.05, 3.63) is 0 Å². The quantitative estimate of drug-likeness (QED) is 0.707. The molecular formula is C14H27N3O2. The Morgan fingerprint density at radius 2 is 2.00 bits per heavy atom. The van der Waals surface area contributed by atoms with Gasteiger partial charge in [0.05, 0.1) is 12.6 Å². The number of aliphatic hydroxyl groups excluding tert-OH is 1. The molecule has 2 rings (SSSR count). The molecule has 0 saturated carbocycles. The Hall–Kier alpha value is -0.650. The van der Waals surface area contributed by atoms with Gasteiger partial charge in [0, 0.05) is 19.6 Å². The topological polar surface area (TPSA) is 55.8 Å². The third-order valence-corrected chi connectivity index (χ3v) is 4.15. The Bertz CT molecular complexity index is 284. The van der Waals surface area contributed by atoms with Crippen LogP contribution in [0.1, 0.15) is 26.2 Å². The molecule has 2 saturated heterocycles. The fourth-order valence-corrected chi connectivity index (χ4v) is 2.81. The van der Waals surface area contributed by atoms with Gasteiger partial charge in [-0.1, -0.05) is 0 Å². The van der Waals surface area contributed by atoms with Crippen LogP contribution in [0.25, 0.3) is 0 Å². The van der Waals surface area contributed by atoms with Crippen molar-refractivity contribution in [1.82, 2.24) is 15.1 Å². The maximum absolute atomic E-state index is 11.7. The summed E-state index contributed by atoms with van der Waals surface area (Å²) in [5.74, 6) is 0.923. The molecular weight excluding hydrogens is 242 g/mol. The van der Waals surface area contributed by atoms with Crippen molar-refractivity contribution >= 4 is 5.91 Å². The van der Waals surface area contributed by atoms with Gasteiger partial charge in [-0.25, -0.2) is 0 Å². The fraction of sp³-hybridized carbons (Fsp3) is 0.929. The molecule has 0 aromatic carbocycles. The van der Waals surface area contributed by atoms with Crippen molar-refractivity contribution in [3.8, 4) is 0 Å². The van der Waals surface area contributed by atoms with Gasteiger partial charge in [0.25, 0.3) is 0 Å². The van der Waals surface area contributed by atoms with Gasteiger partial charge in [0.1, 0.15) is 0 Å². The van der Waals surface area contributed by atoms with Crippen LogP contribution in [0.4, 0.5) is 0 Å². The minimum atomic E-state index is -0.233. The van der Waals surface area contributed by atoms with E-state index in [1.165, 1.54) is 0 Å². The lowest BCUT2D eigenvalue weighted by molar-refractivity contribution is -0.133. The predicted octanol–water partition coefficient (Wildman–Crippen LogP) is -0.0989. The number of nitrogens with one attached hydrogen (secondary N) is 1. The van der Waals surface area contributed by atoms with Crippen LogP contribution in [0, 0.1) is 5.92 Å². The third-order valence-electron chi connectivity index (χ3n) is 4.15. The molecule has 5 nitrogen and oxygen atoms in total. The molecule has 1 atom stereocenters. The van der Waals surface area contributed by atoms with Gasteiger partial charge in [-0.3, -0.25) is 4.79 Å². The summed E-state index contributed by atoms with van der Waals surface area (Å²) >= 11 is 0. The van der Waals surface area contributed by atoms with Crippen LogP contribution >= 0.6 is 0 Å². The van der Waals surface area contributed by atoms with Gasteiger partial charge in [0.15, 0.2) is 0 Å². The van der Waals surface area contributed by atoms with E-state index in [0.29, 0.717) is 12.5 Å². The van der Waals surface area contributed by atoms with E-state index in [0.717, 1.165) is 58.5 Å². The highest BCUT2D eigenvalue weighted by atomic mass is 16.3.